The summed E-state index contributed by atoms with van der Waals surface area (Å²) in [7, 11) is 1.73. The van der Waals surface area contributed by atoms with Gasteiger partial charge in [-0.15, -0.1) is 0 Å². The van der Waals surface area contributed by atoms with Crippen molar-refractivity contribution in [1.29, 1.82) is 0 Å². The second-order valence-electron chi connectivity index (χ2n) is 4.41. The number of carbonyl (C=O) groups excluding carboxylic acids is 1. The van der Waals surface area contributed by atoms with Crippen molar-refractivity contribution in [3.63, 3.8) is 0 Å². The molecule has 6 heteroatoms. The van der Waals surface area contributed by atoms with Gasteiger partial charge in [-0.3, -0.25) is 9.59 Å². The normalized spacial score (nSPS) is 16.5. The molecule has 0 bridgehead atoms. The van der Waals surface area contributed by atoms with E-state index in [2.05, 4.69) is 10.3 Å². The summed E-state index contributed by atoms with van der Waals surface area (Å²) in [6.45, 7) is 0. The Hall–Kier alpha value is -1.85. The highest BCUT2D eigenvalue weighted by Crippen LogP contribution is 2.34. The number of aromatic nitrogens is 2. The Morgan fingerprint density at radius 1 is 1.65 bits per heavy atom. The van der Waals surface area contributed by atoms with Crippen LogP contribution in [-0.4, -0.2) is 32.6 Å². The van der Waals surface area contributed by atoms with Crippen LogP contribution in [0.5, 0.6) is 0 Å². The predicted molar refractivity (Wildman–Crippen MR) is 59.4 cm³/mol. The van der Waals surface area contributed by atoms with Crippen LogP contribution in [0.15, 0.2) is 12.5 Å². The van der Waals surface area contributed by atoms with Crippen LogP contribution in [0.25, 0.3) is 0 Å². The summed E-state index contributed by atoms with van der Waals surface area (Å²) in [4.78, 5) is 26.5. The Bertz CT molecular complexity index is 437. The molecule has 92 valence electrons. The third-order valence-corrected chi connectivity index (χ3v) is 2.95. The molecule has 0 radical (unpaired) electrons. The van der Waals surface area contributed by atoms with Crippen molar-refractivity contribution in [2.45, 2.75) is 25.3 Å². The van der Waals surface area contributed by atoms with Gasteiger partial charge in [0.1, 0.15) is 5.69 Å². The number of carboxylic acid groups (broad SMARTS) is 1. The Labute approximate surface area is 98.7 Å². The van der Waals surface area contributed by atoms with E-state index >= 15 is 0 Å². The lowest BCUT2D eigenvalue weighted by Crippen LogP contribution is -2.38. The molecule has 2 rings (SSSR count). The molecule has 2 N–H and O–H groups in total. The number of carboxylic acids is 1. The minimum absolute atomic E-state index is 0.0196. The quantitative estimate of drug-likeness (QED) is 0.776. The molecule has 17 heavy (non-hydrogen) atoms. The van der Waals surface area contributed by atoms with Crippen LogP contribution in [-0.2, 0) is 11.8 Å². The number of aliphatic carboxylic acids is 1. The average molecular weight is 237 g/mol. The lowest BCUT2D eigenvalue weighted by atomic mass is 10.1. The van der Waals surface area contributed by atoms with Crippen LogP contribution in [0.2, 0.25) is 0 Å². The van der Waals surface area contributed by atoms with Crippen LogP contribution in [0.3, 0.4) is 0 Å². The van der Waals surface area contributed by atoms with Crippen LogP contribution < -0.4 is 5.32 Å². The van der Waals surface area contributed by atoms with E-state index in [-0.39, 0.29) is 18.4 Å². The largest absolute Gasteiger partial charge is 0.481 e. The van der Waals surface area contributed by atoms with Crippen molar-refractivity contribution in [2.75, 3.05) is 0 Å². The number of imidazole rings is 1. The molecule has 1 fully saturated rings. The Kier molecular flexibility index (Phi) is 3.12. The van der Waals surface area contributed by atoms with Crippen LogP contribution in [0, 0.1) is 5.92 Å². The Morgan fingerprint density at radius 3 is 2.82 bits per heavy atom. The molecular weight excluding hydrogens is 222 g/mol. The summed E-state index contributed by atoms with van der Waals surface area (Å²) in [6.07, 6.45) is 4.97. The second-order valence-corrected chi connectivity index (χ2v) is 4.41. The van der Waals surface area contributed by atoms with Gasteiger partial charge in [-0.2, -0.15) is 0 Å². The Morgan fingerprint density at radius 2 is 2.35 bits per heavy atom. The zero-order valence-electron chi connectivity index (χ0n) is 9.59. The van der Waals surface area contributed by atoms with Crippen molar-refractivity contribution in [3.8, 4) is 0 Å². The Balaban J connectivity index is 2.00. The molecule has 1 amide bonds. The highest BCUT2D eigenvalue weighted by Gasteiger charge is 2.34. The number of nitrogens with zero attached hydrogens (tertiary/aromatic N) is 2. The van der Waals surface area contributed by atoms with Crippen molar-refractivity contribution in [1.82, 2.24) is 14.9 Å². The molecule has 0 aliphatic heterocycles. The minimum Gasteiger partial charge on any atom is -0.481 e. The molecular formula is C11H15N3O3. The van der Waals surface area contributed by atoms with Gasteiger partial charge >= 0.3 is 5.97 Å². The van der Waals surface area contributed by atoms with Gasteiger partial charge < -0.3 is 15.0 Å². The first-order valence-electron chi connectivity index (χ1n) is 5.57. The number of rotatable bonds is 5. The maximum Gasteiger partial charge on any atom is 0.305 e. The highest BCUT2D eigenvalue weighted by atomic mass is 16.4. The molecule has 1 aliphatic carbocycles. The molecule has 0 spiro atoms. The lowest BCUT2D eigenvalue weighted by Gasteiger charge is -2.16. The number of amides is 1. The highest BCUT2D eigenvalue weighted by molar-refractivity contribution is 5.92. The van der Waals surface area contributed by atoms with Gasteiger partial charge in [-0.05, 0) is 18.8 Å². The summed E-state index contributed by atoms with van der Waals surface area (Å²) in [5.41, 5.74) is 0.445. The molecule has 1 saturated carbocycles. The minimum atomic E-state index is -0.882. The molecule has 1 atom stereocenters. The van der Waals surface area contributed by atoms with Gasteiger partial charge in [-0.1, -0.05) is 0 Å². The van der Waals surface area contributed by atoms with Gasteiger partial charge in [0, 0.05) is 13.1 Å². The van der Waals surface area contributed by atoms with E-state index in [0.717, 1.165) is 12.8 Å². The molecule has 1 aromatic heterocycles. The lowest BCUT2D eigenvalue weighted by molar-refractivity contribution is -0.137. The van der Waals surface area contributed by atoms with Crippen molar-refractivity contribution < 1.29 is 14.7 Å². The first-order valence-corrected chi connectivity index (χ1v) is 5.57. The molecule has 1 aromatic rings. The standard InChI is InChI=1S/C11H15N3O3/c1-14-6-12-5-9(14)11(17)13-8(4-10(15)16)7-2-3-7/h5-8H,2-4H2,1H3,(H,13,17)(H,15,16). The first-order chi connectivity index (χ1) is 8.08. The molecule has 0 saturated heterocycles. The monoisotopic (exact) mass is 237 g/mol. The number of carbonyl (C=O) groups is 2. The van der Waals surface area contributed by atoms with Crippen molar-refractivity contribution >= 4 is 11.9 Å². The fourth-order valence-corrected chi connectivity index (χ4v) is 1.84. The summed E-state index contributed by atoms with van der Waals surface area (Å²) in [6, 6.07) is -0.269. The summed E-state index contributed by atoms with van der Waals surface area (Å²) in [5, 5.41) is 11.6. The van der Waals surface area contributed by atoms with Crippen LogP contribution in [0.1, 0.15) is 29.8 Å². The number of hydrogen-bond donors (Lipinski definition) is 2. The zero-order chi connectivity index (χ0) is 12.4. The fraction of sp³-hybridized carbons (Fsp3) is 0.545. The van der Waals surface area contributed by atoms with Crippen LogP contribution in [0.4, 0.5) is 0 Å². The zero-order valence-corrected chi connectivity index (χ0v) is 9.59. The summed E-state index contributed by atoms with van der Waals surface area (Å²) in [5.74, 6) is -0.835. The maximum atomic E-state index is 11.9. The third-order valence-electron chi connectivity index (χ3n) is 2.95. The molecule has 0 aromatic carbocycles. The van der Waals surface area contributed by atoms with E-state index in [1.807, 2.05) is 0 Å². The molecule has 6 nitrogen and oxygen atoms in total. The fourth-order valence-electron chi connectivity index (χ4n) is 1.84. The van der Waals surface area contributed by atoms with E-state index in [1.165, 1.54) is 12.5 Å². The maximum absolute atomic E-state index is 11.9. The van der Waals surface area contributed by atoms with E-state index < -0.39 is 5.97 Å². The van der Waals surface area contributed by atoms with Gasteiger partial charge in [0.25, 0.3) is 5.91 Å². The van der Waals surface area contributed by atoms with Crippen molar-refractivity contribution in [3.05, 3.63) is 18.2 Å². The smallest absolute Gasteiger partial charge is 0.305 e. The summed E-state index contributed by atoms with van der Waals surface area (Å²) >= 11 is 0. The van der Waals surface area contributed by atoms with Gasteiger partial charge in [0.2, 0.25) is 0 Å². The molecule has 1 aliphatic rings. The molecule has 1 unspecified atom stereocenters. The van der Waals surface area contributed by atoms with Gasteiger partial charge in [0.05, 0.1) is 18.9 Å². The van der Waals surface area contributed by atoms with E-state index in [1.54, 1.807) is 11.6 Å². The first kappa shape index (κ1) is 11.6. The van der Waals surface area contributed by atoms with E-state index in [4.69, 9.17) is 5.11 Å². The van der Waals surface area contributed by atoms with Gasteiger partial charge in [-0.25, -0.2) is 4.98 Å². The predicted octanol–water partition coefficient (Wildman–Crippen LogP) is 0.403. The topological polar surface area (TPSA) is 84.2 Å². The number of hydrogen-bond acceptors (Lipinski definition) is 3. The third kappa shape index (κ3) is 2.83. The van der Waals surface area contributed by atoms with Crippen LogP contribution >= 0.6 is 0 Å². The van der Waals surface area contributed by atoms with Gasteiger partial charge in [0.15, 0.2) is 0 Å². The SMILES string of the molecule is Cn1cncc1C(=O)NC(CC(=O)O)C1CC1. The molecule has 1 heterocycles. The number of nitrogens with one attached hydrogen (secondary N) is 1. The average Bonchev–Trinajstić information content (AvgIpc) is 3.00. The summed E-state index contributed by atoms with van der Waals surface area (Å²) < 4.78 is 1.61. The van der Waals surface area contributed by atoms with E-state index in [0.29, 0.717) is 11.6 Å². The number of aryl methyl sites for hydroxylation is 1. The second kappa shape index (κ2) is 4.57. The van der Waals surface area contributed by atoms with Crippen molar-refractivity contribution in [2.24, 2.45) is 13.0 Å². The van der Waals surface area contributed by atoms with E-state index in [9.17, 15) is 9.59 Å².